The maximum absolute atomic E-state index is 12.9. The molecule has 0 saturated carbocycles. The van der Waals surface area contributed by atoms with Gasteiger partial charge in [-0.15, -0.1) is 0 Å². The number of imidazole rings is 1. The van der Waals surface area contributed by atoms with Crippen LogP contribution in [0.5, 0.6) is 17.2 Å². The van der Waals surface area contributed by atoms with Crippen molar-refractivity contribution in [3.05, 3.63) is 66.2 Å². The van der Waals surface area contributed by atoms with E-state index < -0.39 is 0 Å². The number of aromatic amines is 1. The van der Waals surface area contributed by atoms with Crippen LogP contribution in [0.1, 0.15) is 10.4 Å². The first-order chi connectivity index (χ1) is 14.6. The Morgan fingerprint density at radius 1 is 0.900 bits per heavy atom. The zero-order valence-corrected chi connectivity index (χ0v) is 16.9. The summed E-state index contributed by atoms with van der Waals surface area (Å²) in [5.41, 5.74) is 3.55. The molecule has 2 N–H and O–H groups in total. The van der Waals surface area contributed by atoms with Crippen LogP contribution in [0.3, 0.4) is 0 Å². The smallest absolute Gasteiger partial charge is 0.259 e. The van der Waals surface area contributed by atoms with Crippen molar-refractivity contribution in [3.63, 3.8) is 0 Å². The molecular weight excluding hydrogens is 382 g/mol. The molecule has 0 spiro atoms. The van der Waals surface area contributed by atoms with Crippen molar-refractivity contribution in [1.29, 1.82) is 0 Å². The predicted molar refractivity (Wildman–Crippen MR) is 116 cm³/mol. The fraction of sp³-hybridized carbons (Fsp3) is 0.130. The van der Waals surface area contributed by atoms with Crippen LogP contribution in [0.2, 0.25) is 0 Å². The number of nitrogens with zero attached hydrogens (tertiary/aromatic N) is 1. The molecule has 1 heterocycles. The number of benzene rings is 3. The van der Waals surface area contributed by atoms with Crippen molar-refractivity contribution in [2.75, 3.05) is 26.6 Å². The molecule has 0 bridgehead atoms. The Morgan fingerprint density at radius 3 is 2.43 bits per heavy atom. The molecule has 4 rings (SSSR count). The number of hydrogen-bond donors (Lipinski definition) is 2. The van der Waals surface area contributed by atoms with Gasteiger partial charge in [0.15, 0.2) is 0 Å². The Labute approximate surface area is 173 Å². The molecule has 152 valence electrons. The molecule has 0 aliphatic heterocycles. The molecule has 0 atom stereocenters. The Bertz CT molecular complexity index is 1180. The third-order valence-corrected chi connectivity index (χ3v) is 4.76. The number of anilines is 1. The van der Waals surface area contributed by atoms with Crippen LogP contribution >= 0.6 is 0 Å². The summed E-state index contributed by atoms with van der Waals surface area (Å²) in [5.74, 6) is 1.94. The fourth-order valence-corrected chi connectivity index (χ4v) is 3.22. The van der Waals surface area contributed by atoms with Gasteiger partial charge in [-0.1, -0.05) is 12.1 Å². The summed E-state index contributed by atoms with van der Waals surface area (Å²) in [6, 6.07) is 18.3. The van der Waals surface area contributed by atoms with Crippen molar-refractivity contribution in [1.82, 2.24) is 9.97 Å². The lowest BCUT2D eigenvalue weighted by molar-refractivity contribution is 0.102. The number of H-pyrrole nitrogens is 1. The van der Waals surface area contributed by atoms with E-state index in [2.05, 4.69) is 15.3 Å². The van der Waals surface area contributed by atoms with E-state index in [1.165, 1.54) is 7.11 Å². The molecule has 0 fully saturated rings. The van der Waals surface area contributed by atoms with Crippen LogP contribution in [-0.4, -0.2) is 37.2 Å². The summed E-state index contributed by atoms with van der Waals surface area (Å²) in [5, 5.41) is 2.91. The first-order valence-electron chi connectivity index (χ1n) is 9.29. The van der Waals surface area contributed by atoms with E-state index in [0.29, 0.717) is 34.3 Å². The van der Waals surface area contributed by atoms with E-state index in [1.807, 2.05) is 36.4 Å². The second-order valence-electron chi connectivity index (χ2n) is 6.54. The van der Waals surface area contributed by atoms with Gasteiger partial charge in [0.05, 0.1) is 43.6 Å². The number of rotatable bonds is 6. The second-order valence-corrected chi connectivity index (χ2v) is 6.54. The molecule has 0 aliphatic carbocycles. The Kier molecular flexibility index (Phi) is 5.26. The average molecular weight is 403 g/mol. The summed E-state index contributed by atoms with van der Waals surface area (Å²) in [6.07, 6.45) is 0. The predicted octanol–water partition coefficient (Wildman–Crippen LogP) is 4.51. The van der Waals surface area contributed by atoms with Crippen LogP contribution < -0.4 is 19.5 Å². The second kappa shape index (κ2) is 8.16. The highest BCUT2D eigenvalue weighted by atomic mass is 16.5. The van der Waals surface area contributed by atoms with Gasteiger partial charge in [0, 0.05) is 11.6 Å². The number of carbonyl (C=O) groups excluding carboxylic acids is 1. The van der Waals surface area contributed by atoms with Gasteiger partial charge < -0.3 is 24.5 Å². The van der Waals surface area contributed by atoms with Gasteiger partial charge in [-0.25, -0.2) is 4.98 Å². The number of fused-ring (bicyclic) bond motifs is 1. The van der Waals surface area contributed by atoms with Gasteiger partial charge in [-0.05, 0) is 42.5 Å². The third-order valence-electron chi connectivity index (χ3n) is 4.76. The molecule has 0 radical (unpaired) electrons. The number of amides is 1. The standard InChI is InChI=1S/C23H21N3O4/c1-28-15-9-10-16(21(13-15)30-3)23(27)26-19-12-14(8-11-20(19)29-2)22-24-17-6-4-5-7-18(17)25-22/h4-13H,1-3H3,(H,24,25)(H,26,27). The molecule has 1 aromatic heterocycles. The first-order valence-corrected chi connectivity index (χ1v) is 9.29. The summed E-state index contributed by atoms with van der Waals surface area (Å²) in [4.78, 5) is 20.9. The van der Waals surface area contributed by atoms with Gasteiger partial charge in [0.25, 0.3) is 5.91 Å². The number of carbonyl (C=O) groups is 1. The number of para-hydroxylation sites is 2. The van der Waals surface area contributed by atoms with Crippen molar-refractivity contribution < 1.29 is 19.0 Å². The number of hydrogen-bond acceptors (Lipinski definition) is 5. The van der Waals surface area contributed by atoms with E-state index in [9.17, 15) is 4.79 Å². The number of ether oxygens (including phenoxy) is 3. The molecule has 0 unspecified atom stereocenters. The highest BCUT2D eigenvalue weighted by Gasteiger charge is 2.17. The van der Waals surface area contributed by atoms with Crippen LogP contribution in [0.25, 0.3) is 22.4 Å². The van der Waals surface area contributed by atoms with Crippen molar-refractivity contribution in [2.24, 2.45) is 0 Å². The SMILES string of the molecule is COc1ccc(C(=O)Nc2cc(-c3nc4ccccc4[nH]3)ccc2OC)c(OC)c1. The minimum absolute atomic E-state index is 0.324. The van der Waals surface area contributed by atoms with E-state index in [-0.39, 0.29) is 5.91 Å². The van der Waals surface area contributed by atoms with E-state index in [1.54, 1.807) is 38.5 Å². The quantitative estimate of drug-likeness (QED) is 0.495. The molecule has 3 aromatic carbocycles. The van der Waals surface area contributed by atoms with Crippen LogP contribution in [0, 0.1) is 0 Å². The zero-order chi connectivity index (χ0) is 21.1. The number of nitrogens with one attached hydrogen (secondary N) is 2. The van der Waals surface area contributed by atoms with Crippen LogP contribution in [-0.2, 0) is 0 Å². The van der Waals surface area contributed by atoms with Crippen molar-refractivity contribution in [2.45, 2.75) is 0 Å². The van der Waals surface area contributed by atoms with Gasteiger partial charge in [0.2, 0.25) is 0 Å². The van der Waals surface area contributed by atoms with Gasteiger partial charge in [-0.3, -0.25) is 4.79 Å². The third kappa shape index (κ3) is 3.65. The van der Waals surface area contributed by atoms with E-state index >= 15 is 0 Å². The van der Waals surface area contributed by atoms with Crippen LogP contribution in [0.4, 0.5) is 5.69 Å². The molecule has 7 nitrogen and oxygen atoms in total. The molecule has 0 saturated heterocycles. The lowest BCUT2D eigenvalue weighted by atomic mass is 10.1. The molecule has 4 aromatic rings. The van der Waals surface area contributed by atoms with Crippen LogP contribution in [0.15, 0.2) is 60.7 Å². The topological polar surface area (TPSA) is 85.5 Å². The summed E-state index contributed by atoms with van der Waals surface area (Å²) >= 11 is 0. The highest BCUT2D eigenvalue weighted by Crippen LogP contribution is 2.32. The van der Waals surface area contributed by atoms with Gasteiger partial charge in [-0.2, -0.15) is 0 Å². The summed E-state index contributed by atoms with van der Waals surface area (Å²) < 4.78 is 16.0. The Morgan fingerprint density at radius 2 is 1.70 bits per heavy atom. The van der Waals surface area contributed by atoms with E-state index in [4.69, 9.17) is 14.2 Å². The molecule has 7 heteroatoms. The molecule has 0 aliphatic rings. The summed E-state index contributed by atoms with van der Waals surface area (Å²) in [7, 11) is 4.62. The van der Waals surface area contributed by atoms with Gasteiger partial charge >= 0.3 is 0 Å². The van der Waals surface area contributed by atoms with Gasteiger partial charge in [0.1, 0.15) is 23.1 Å². The average Bonchev–Trinajstić information content (AvgIpc) is 3.22. The molecule has 30 heavy (non-hydrogen) atoms. The minimum Gasteiger partial charge on any atom is -0.497 e. The maximum atomic E-state index is 12.9. The molecule has 1 amide bonds. The summed E-state index contributed by atoms with van der Waals surface area (Å²) in [6.45, 7) is 0. The fourth-order valence-electron chi connectivity index (χ4n) is 3.22. The maximum Gasteiger partial charge on any atom is 0.259 e. The largest absolute Gasteiger partial charge is 0.497 e. The lowest BCUT2D eigenvalue weighted by Gasteiger charge is -2.14. The lowest BCUT2D eigenvalue weighted by Crippen LogP contribution is -2.14. The Balaban J connectivity index is 1.68. The minimum atomic E-state index is -0.324. The van der Waals surface area contributed by atoms with Crippen molar-refractivity contribution >= 4 is 22.6 Å². The highest BCUT2D eigenvalue weighted by molar-refractivity contribution is 6.07. The first kappa shape index (κ1) is 19.3. The van der Waals surface area contributed by atoms with Crippen molar-refractivity contribution in [3.8, 4) is 28.6 Å². The molecular formula is C23H21N3O4. The number of methoxy groups -OCH3 is 3. The number of aromatic nitrogens is 2. The zero-order valence-electron chi connectivity index (χ0n) is 16.9. The van der Waals surface area contributed by atoms with E-state index in [0.717, 1.165) is 16.6 Å². The monoisotopic (exact) mass is 403 g/mol. The Hall–Kier alpha value is -4.00. The normalized spacial score (nSPS) is 10.6.